The van der Waals surface area contributed by atoms with Crippen LogP contribution in [0, 0.1) is 0 Å². The fourth-order valence-electron chi connectivity index (χ4n) is 1.31. The maximum atomic E-state index is 12.0. The Morgan fingerprint density at radius 3 is 2.50 bits per heavy atom. The number of aromatic nitrogens is 1. The first-order valence-corrected chi connectivity index (χ1v) is 4.89. The maximum Gasteiger partial charge on any atom is 0.254 e. The molecule has 4 heteroatoms. The second-order valence-electron chi connectivity index (χ2n) is 3.23. The monoisotopic (exact) mass is 218 g/mol. The fourth-order valence-corrected chi connectivity index (χ4v) is 1.31. The molecule has 1 rings (SSSR count). The molecule has 0 fully saturated rings. The minimum atomic E-state index is -0.289. The zero-order valence-corrected chi connectivity index (χ0v) is 8.98. The molecule has 0 aliphatic heterocycles. The Morgan fingerprint density at radius 2 is 2.00 bits per heavy atom. The Bertz CT molecular complexity index is 438. The van der Waals surface area contributed by atoms with Gasteiger partial charge >= 0.3 is 0 Å². The largest absolute Gasteiger partial charge is 0.331 e. The van der Waals surface area contributed by atoms with E-state index in [-0.39, 0.29) is 11.5 Å². The molecule has 0 bridgehead atoms. The fraction of sp³-hybridized carbons (Fsp3) is 0.167. The summed E-state index contributed by atoms with van der Waals surface area (Å²) in [6.07, 6.45) is 4.72. The lowest BCUT2D eigenvalue weighted by Gasteiger charge is -2.18. The van der Waals surface area contributed by atoms with Crippen molar-refractivity contribution in [3.05, 3.63) is 59.6 Å². The van der Waals surface area contributed by atoms with Crippen molar-refractivity contribution in [2.24, 2.45) is 0 Å². The van der Waals surface area contributed by atoms with Crippen molar-refractivity contribution in [1.82, 2.24) is 9.88 Å². The minimum absolute atomic E-state index is 0.203. The molecule has 0 aliphatic carbocycles. The Labute approximate surface area is 93.9 Å². The van der Waals surface area contributed by atoms with E-state index >= 15 is 0 Å². The van der Waals surface area contributed by atoms with Crippen molar-refractivity contribution in [3.8, 4) is 0 Å². The summed E-state index contributed by atoms with van der Waals surface area (Å²) < 4.78 is 0. The number of nitrogens with zero attached hydrogens (tertiary/aromatic N) is 1. The molecule has 0 saturated carbocycles. The van der Waals surface area contributed by atoms with Crippen LogP contribution in [0.5, 0.6) is 0 Å². The standard InChI is InChI=1S/C12H14N2O2/c1-3-7-14(8-4-2)12(16)10-5-6-13-11(15)9-10/h3-6,9H,1-2,7-8H2,(H,13,15). The summed E-state index contributed by atoms with van der Waals surface area (Å²) in [6.45, 7) is 8.02. The highest BCUT2D eigenvalue weighted by Crippen LogP contribution is 2.01. The van der Waals surface area contributed by atoms with Crippen LogP contribution >= 0.6 is 0 Å². The van der Waals surface area contributed by atoms with E-state index < -0.39 is 0 Å². The van der Waals surface area contributed by atoms with Gasteiger partial charge in [0.2, 0.25) is 5.56 Å². The third-order valence-electron chi connectivity index (χ3n) is 2.01. The molecule has 1 amide bonds. The number of H-pyrrole nitrogens is 1. The number of carbonyl (C=O) groups is 1. The van der Waals surface area contributed by atoms with Gasteiger partial charge in [0.25, 0.3) is 5.91 Å². The highest BCUT2D eigenvalue weighted by molar-refractivity contribution is 5.94. The summed E-state index contributed by atoms with van der Waals surface area (Å²) in [4.78, 5) is 27.0. The van der Waals surface area contributed by atoms with Gasteiger partial charge in [-0.2, -0.15) is 0 Å². The predicted molar refractivity (Wildman–Crippen MR) is 63.4 cm³/mol. The molecule has 1 heterocycles. The lowest BCUT2D eigenvalue weighted by molar-refractivity contribution is 0.0790. The molecule has 0 radical (unpaired) electrons. The summed E-state index contributed by atoms with van der Waals surface area (Å²) in [5.41, 5.74) is 0.0791. The van der Waals surface area contributed by atoms with Gasteiger partial charge in [0, 0.05) is 30.9 Å². The molecule has 84 valence electrons. The average molecular weight is 218 g/mol. The number of carbonyl (C=O) groups excluding carboxylic acids is 1. The van der Waals surface area contributed by atoms with E-state index in [1.54, 1.807) is 23.1 Å². The number of aromatic amines is 1. The molecule has 4 nitrogen and oxygen atoms in total. The second kappa shape index (κ2) is 5.70. The van der Waals surface area contributed by atoms with E-state index in [2.05, 4.69) is 18.1 Å². The van der Waals surface area contributed by atoms with E-state index in [1.165, 1.54) is 12.3 Å². The number of hydrogen-bond acceptors (Lipinski definition) is 2. The summed E-state index contributed by atoms with van der Waals surface area (Å²) in [5.74, 6) is -0.203. The molecule has 0 saturated heterocycles. The van der Waals surface area contributed by atoms with Gasteiger partial charge < -0.3 is 9.88 Å². The topological polar surface area (TPSA) is 53.2 Å². The van der Waals surface area contributed by atoms with Crippen LogP contribution in [-0.4, -0.2) is 28.9 Å². The first-order valence-electron chi connectivity index (χ1n) is 4.89. The maximum absolute atomic E-state index is 12.0. The average Bonchev–Trinajstić information content (AvgIpc) is 2.28. The number of hydrogen-bond donors (Lipinski definition) is 1. The molecule has 1 aromatic rings. The zero-order chi connectivity index (χ0) is 12.0. The first kappa shape index (κ1) is 12.0. The molecule has 0 atom stereocenters. The van der Waals surface area contributed by atoms with Crippen LogP contribution in [0.25, 0.3) is 0 Å². The molecule has 16 heavy (non-hydrogen) atoms. The summed E-state index contributed by atoms with van der Waals surface area (Å²) in [6, 6.07) is 2.85. The van der Waals surface area contributed by atoms with Gasteiger partial charge in [-0.3, -0.25) is 9.59 Å². The van der Waals surface area contributed by atoms with Crippen molar-refractivity contribution in [2.75, 3.05) is 13.1 Å². The van der Waals surface area contributed by atoms with E-state index in [0.29, 0.717) is 18.7 Å². The van der Waals surface area contributed by atoms with Crippen LogP contribution in [0.3, 0.4) is 0 Å². The van der Waals surface area contributed by atoms with Crippen LogP contribution in [0.4, 0.5) is 0 Å². The van der Waals surface area contributed by atoms with Crippen LogP contribution in [0.1, 0.15) is 10.4 Å². The molecule has 1 aromatic heterocycles. The lowest BCUT2D eigenvalue weighted by Crippen LogP contribution is -2.31. The summed E-state index contributed by atoms with van der Waals surface area (Å²) in [7, 11) is 0. The van der Waals surface area contributed by atoms with Crippen LogP contribution in [-0.2, 0) is 0 Å². The number of pyridine rings is 1. The van der Waals surface area contributed by atoms with Crippen molar-refractivity contribution < 1.29 is 4.79 Å². The van der Waals surface area contributed by atoms with Gasteiger partial charge in [0.15, 0.2) is 0 Å². The Kier molecular flexibility index (Phi) is 4.27. The molecular formula is C12H14N2O2. The number of amides is 1. The van der Waals surface area contributed by atoms with Gasteiger partial charge in [-0.15, -0.1) is 13.2 Å². The highest BCUT2D eigenvalue weighted by atomic mass is 16.2. The molecule has 1 N–H and O–H groups in total. The van der Waals surface area contributed by atoms with Crippen LogP contribution in [0.15, 0.2) is 48.4 Å². The Hall–Kier alpha value is -2.10. The van der Waals surface area contributed by atoms with Gasteiger partial charge in [-0.25, -0.2) is 0 Å². The van der Waals surface area contributed by atoms with Gasteiger partial charge in [0.05, 0.1) is 0 Å². The Morgan fingerprint density at radius 1 is 1.38 bits per heavy atom. The Balaban J connectivity index is 2.93. The van der Waals surface area contributed by atoms with E-state index in [4.69, 9.17) is 0 Å². The van der Waals surface area contributed by atoms with Crippen LogP contribution in [0.2, 0.25) is 0 Å². The van der Waals surface area contributed by atoms with Gasteiger partial charge in [0.1, 0.15) is 0 Å². The van der Waals surface area contributed by atoms with E-state index in [9.17, 15) is 9.59 Å². The number of rotatable bonds is 5. The van der Waals surface area contributed by atoms with Gasteiger partial charge in [-0.05, 0) is 6.07 Å². The van der Waals surface area contributed by atoms with Crippen molar-refractivity contribution in [2.45, 2.75) is 0 Å². The highest BCUT2D eigenvalue weighted by Gasteiger charge is 2.13. The molecule has 0 aromatic carbocycles. The first-order chi connectivity index (χ1) is 7.69. The SMILES string of the molecule is C=CCN(CC=C)C(=O)c1cc[nH]c(=O)c1. The normalized spacial score (nSPS) is 9.50. The predicted octanol–water partition coefficient (Wildman–Crippen LogP) is 1.19. The molecule has 0 aliphatic rings. The zero-order valence-electron chi connectivity index (χ0n) is 8.98. The smallest absolute Gasteiger partial charge is 0.254 e. The van der Waals surface area contributed by atoms with E-state index in [1.807, 2.05) is 0 Å². The van der Waals surface area contributed by atoms with E-state index in [0.717, 1.165) is 0 Å². The van der Waals surface area contributed by atoms with Crippen molar-refractivity contribution >= 4 is 5.91 Å². The molecular weight excluding hydrogens is 204 g/mol. The van der Waals surface area contributed by atoms with Gasteiger partial charge in [-0.1, -0.05) is 12.2 Å². The van der Waals surface area contributed by atoms with Crippen molar-refractivity contribution in [3.63, 3.8) is 0 Å². The summed E-state index contributed by atoms with van der Waals surface area (Å²) >= 11 is 0. The quantitative estimate of drug-likeness (QED) is 0.755. The van der Waals surface area contributed by atoms with Crippen molar-refractivity contribution in [1.29, 1.82) is 0 Å². The third kappa shape index (κ3) is 2.95. The lowest BCUT2D eigenvalue weighted by atomic mass is 10.2. The molecule has 0 spiro atoms. The number of nitrogens with one attached hydrogen (secondary N) is 1. The molecule has 0 unspecified atom stereocenters. The summed E-state index contributed by atoms with van der Waals surface area (Å²) in [5, 5.41) is 0. The van der Waals surface area contributed by atoms with Crippen LogP contribution < -0.4 is 5.56 Å². The minimum Gasteiger partial charge on any atom is -0.331 e. The second-order valence-corrected chi connectivity index (χ2v) is 3.23. The third-order valence-corrected chi connectivity index (χ3v) is 2.01.